The van der Waals surface area contributed by atoms with E-state index in [1.54, 1.807) is 13.8 Å². The molecule has 2 saturated heterocycles. The van der Waals surface area contributed by atoms with Gasteiger partial charge in [-0.25, -0.2) is 8.42 Å². The van der Waals surface area contributed by atoms with Gasteiger partial charge in [-0.2, -0.15) is 4.31 Å². The first-order valence-corrected chi connectivity index (χ1v) is 11.3. The van der Waals surface area contributed by atoms with Gasteiger partial charge in [0.1, 0.15) is 10.6 Å². The number of hydrogen-bond acceptors (Lipinski definition) is 8. The van der Waals surface area contributed by atoms with Crippen LogP contribution in [0.5, 0.6) is 0 Å². The average molecular weight is 430 g/mol. The molecule has 0 radical (unpaired) electrons. The summed E-state index contributed by atoms with van der Waals surface area (Å²) in [5.74, 6) is 1.39. The van der Waals surface area contributed by atoms with Gasteiger partial charge in [-0.3, -0.25) is 4.90 Å². The second-order valence-electron chi connectivity index (χ2n) is 8.37. The molecule has 2 aromatic heterocycles. The normalized spacial score (nSPS) is 21.9. The first-order chi connectivity index (χ1) is 14.3. The van der Waals surface area contributed by atoms with Crippen molar-refractivity contribution in [2.24, 2.45) is 5.41 Å². The molecule has 3 aromatic rings. The molecule has 1 spiro atoms. The maximum atomic E-state index is 13.0. The highest BCUT2D eigenvalue weighted by atomic mass is 32.2. The summed E-state index contributed by atoms with van der Waals surface area (Å²) in [5, 5.41) is 12.3. The van der Waals surface area contributed by atoms with Crippen LogP contribution in [-0.2, 0) is 10.0 Å². The van der Waals surface area contributed by atoms with Crippen LogP contribution in [0.2, 0.25) is 0 Å². The van der Waals surface area contributed by atoms with E-state index < -0.39 is 10.0 Å². The first kappa shape index (κ1) is 19.4. The predicted molar refractivity (Wildman–Crippen MR) is 107 cm³/mol. The van der Waals surface area contributed by atoms with Crippen molar-refractivity contribution in [2.45, 2.75) is 31.2 Å². The number of hydrogen-bond donors (Lipinski definition) is 0. The predicted octanol–water partition coefficient (Wildman–Crippen LogP) is 2.41. The van der Waals surface area contributed by atoms with Crippen LogP contribution in [-0.4, -0.2) is 59.7 Å². The quantitative estimate of drug-likeness (QED) is 0.623. The van der Waals surface area contributed by atoms with Gasteiger partial charge in [0, 0.05) is 30.6 Å². The second kappa shape index (κ2) is 6.73. The van der Waals surface area contributed by atoms with Gasteiger partial charge in [-0.05, 0) is 39.4 Å². The van der Waals surface area contributed by atoms with Crippen LogP contribution in [0.1, 0.15) is 29.8 Å². The van der Waals surface area contributed by atoms with E-state index in [2.05, 4.69) is 20.3 Å². The Balaban J connectivity index is 1.32. The molecule has 2 aliphatic heterocycles. The third kappa shape index (κ3) is 2.98. The van der Waals surface area contributed by atoms with Crippen LogP contribution < -0.4 is 0 Å². The van der Waals surface area contributed by atoms with Gasteiger partial charge in [0.2, 0.25) is 21.8 Å². The lowest BCUT2D eigenvalue weighted by molar-refractivity contribution is 0.0807. The molecule has 158 valence electrons. The largest absolute Gasteiger partial charge is 0.419 e. The minimum atomic E-state index is -3.61. The van der Waals surface area contributed by atoms with E-state index in [4.69, 9.17) is 8.94 Å². The fraction of sp³-hybridized carbons (Fsp3) is 0.450. The van der Waals surface area contributed by atoms with Crippen LogP contribution in [0.25, 0.3) is 11.5 Å². The Morgan fingerprint density at radius 2 is 1.83 bits per heavy atom. The number of benzene rings is 1. The fourth-order valence-electron chi connectivity index (χ4n) is 4.69. The van der Waals surface area contributed by atoms with Crippen molar-refractivity contribution in [1.82, 2.24) is 24.6 Å². The van der Waals surface area contributed by atoms with Gasteiger partial charge in [-0.15, -0.1) is 10.2 Å². The monoisotopic (exact) mass is 429 g/mol. The third-order valence-electron chi connectivity index (χ3n) is 6.08. The second-order valence-corrected chi connectivity index (χ2v) is 10.2. The van der Waals surface area contributed by atoms with E-state index in [1.807, 2.05) is 37.4 Å². The Morgan fingerprint density at radius 3 is 2.50 bits per heavy atom. The summed E-state index contributed by atoms with van der Waals surface area (Å²) in [6, 6.07) is 9.63. The Kier molecular flexibility index (Phi) is 4.35. The molecular weight excluding hydrogens is 406 g/mol. The van der Waals surface area contributed by atoms with Gasteiger partial charge in [0.25, 0.3) is 0 Å². The van der Waals surface area contributed by atoms with Crippen LogP contribution in [0.15, 0.2) is 44.2 Å². The Hall–Kier alpha value is -2.56. The number of rotatable bonds is 4. The van der Waals surface area contributed by atoms with Crippen LogP contribution in [0, 0.1) is 19.3 Å². The molecule has 0 N–H and O–H groups in total. The standard InChI is InChI=1S/C20H23N5O4S/c1-13-17(14(2)29-23-13)30(26,27)25-11-20(12-25)9-16(24(3)10-20)19-22-21-18(28-19)15-7-5-4-6-8-15/h4-8,16H,9-12H2,1-3H3/t16-/m0/s1. The van der Waals surface area contributed by atoms with E-state index in [0.29, 0.717) is 36.3 Å². The summed E-state index contributed by atoms with van der Waals surface area (Å²) in [6.07, 6.45) is 0.771. The van der Waals surface area contributed by atoms with Gasteiger partial charge < -0.3 is 8.94 Å². The number of nitrogens with zero attached hydrogens (tertiary/aromatic N) is 5. The lowest BCUT2D eigenvalue weighted by atomic mass is 9.79. The van der Waals surface area contributed by atoms with Gasteiger partial charge in [-0.1, -0.05) is 23.4 Å². The molecule has 0 unspecified atom stereocenters. The van der Waals surface area contributed by atoms with Crippen molar-refractivity contribution in [2.75, 3.05) is 26.7 Å². The van der Waals surface area contributed by atoms with E-state index >= 15 is 0 Å². The topological polar surface area (TPSA) is 106 Å². The van der Waals surface area contributed by atoms with Gasteiger partial charge >= 0.3 is 0 Å². The molecule has 2 aliphatic rings. The van der Waals surface area contributed by atoms with E-state index in [9.17, 15) is 8.42 Å². The van der Waals surface area contributed by atoms with Crippen molar-refractivity contribution in [3.8, 4) is 11.5 Å². The smallest absolute Gasteiger partial charge is 0.248 e. The molecule has 1 atom stereocenters. The lowest BCUT2D eigenvalue weighted by Crippen LogP contribution is -2.59. The molecular formula is C20H23N5O4S. The molecule has 0 saturated carbocycles. The molecule has 0 amide bonds. The zero-order valence-electron chi connectivity index (χ0n) is 17.1. The molecule has 2 fully saturated rings. The number of aromatic nitrogens is 3. The number of aryl methyl sites for hydroxylation is 2. The zero-order valence-corrected chi connectivity index (χ0v) is 17.9. The van der Waals surface area contributed by atoms with E-state index in [1.165, 1.54) is 4.31 Å². The van der Waals surface area contributed by atoms with Crippen LogP contribution in [0.4, 0.5) is 0 Å². The van der Waals surface area contributed by atoms with E-state index in [-0.39, 0.29) is 16.4 Å². The lowest BCUT2D eigenvalue weighted by Gasteiger charge is -2.46. The van der Waals surface area contributed by atoms with Crippen molar-refractivity contribution in [3.05, 3.63) is 47.7 Å². The molecule has 0 aliphatic carbocycles. The highest BCUT2D eigenvalue weighted by Crippen LogP contribution is 2.49. The van der Waals surface area contributed by atoms with E-state index in [0.717, 1.165) is 18.5 Å². The van der Waals surface area contributed by atoms with Gasteiger partial charge in [0.15, 0.2) is 5.76 Å². The van der Waals surface area contributed by atoms with Crippen molar-refractivity contribution < 1.29 is 17.4 Å². The van der Waals surface area contributed by atoms with Crippen LogP contribution in [0.3, 0.4) is 0 Å². The highest BCUT2D eigenvalue weighted by molar-refractivity contribution is 7.89. The summed E-state index contributed by atoms with van der Waals surface area (Å²) >= 11 is 0. The third-order valence-corrected chi connectivity index (χ3v) is 8.12. The SMILES string of the molecule is Cc1noc(C)c1S(=O)(=O)N1CC2(C[C@@H](c3nnc(-c4ccccc4)o3)N(C)C2)C1. The minimum absolute atomic E-state index is 0.0288. The fourth-order valence-corrected chi connectivity index (χ4v) is 6.64. The Bertz CT molecular complexity index is 1160. The maximum Gasteiger partial charge on any atom is 0.248 e. The minimum Gasteiger partial charge on any atom is -0.419 e. The molecule has 1 aromatic carbocycles. The first-order valence-electron chi connectivity index (χ1n) is 9.81. The summed E-state index contributed by atoms with van der Waals surface area (Å²) < 4.78 is 38.6. The molecule has 10 heteroatoms. The molecule has 30 heavy (non-hydrogen) atoms. The zero-order chi connectivity index (χ0) is 21.1. The average Bonchev–Trinajstić information content (AvgIpc) is 3.38. The summed E-state index contributed by atoms with van der Waals surface area (Å²) in [4.78, 5) is 2.35. The summed E-state index contributed by atoms with van der Waals surface area (Å²) in [5.41, 5.74) is 1.16. The molecule has 9 nitrogen and oxygen atoms in total. The van der Waals surface area contributed by atoms with Crippen molar-refractivity contribution in [3.63, 3.8) is 0 Å². The maximum absolute atomic E-state index is 13.0. The van der Waals surface area contributed by atoms with Crippen molar-refractivity contribution >= 4 is 10.0 Å². The summed E-state index contributed by atoms with van der Waals surface area (Å²) in [7, 11) is -1.60. The highest BCUT2D eigenvalue weighted by Gasteiger charge is 2.55. The number of likely N-dealkylation sites (tertiary alicyclic amines) is 1. The summed E-state index contributed by atoms with van der Waals surface area (Å²) in [6.45, 7) is 4.97. The molecule has 4 heterocycles. The molecule has 0 bridgehead atoms. The Morgan fingerprint density at radius 1 is 1.10 bits per heavy atom. The van der Waals surface area contributed by atoms with Crippen molar-refractivity contribution in [1.29, 1.82) is 0 Å². The van der Waals surface area contributed by atoms with Crippen LogP contribution >= 0.6 is 0 Å². The molecule has 5 rings (SSSR count). The Labute approximate surface area is 174 Å². The van der Waals surface area contributed by atoms with Gasteiger partial charge in [0.05, 0.1) is 6.04 Å². The number of sulfonamides is 1.